The van der Waals surface area contributed by atoms with Gasteiger partial charge in [0.05, 0.1) is 0 Å². The summed E-state index contributed by atoms with van der Waals surface area (Å²) < 4.78 is 0. The van der Waals surface area contributed by atoms with Crippen molar-refractivity contribution in [2.75, 3.05) is 13.1 Å². The highest BCUT2D eigenvalue weighted by Crippen LogP contribution is 2.03. The summed E-state index contributed by atoms with van der Waals surface area (Å²) in [5.74, 6) is 0.623. The Morgan fingerprint density at radius 2 is 1.72 bits per heavy atom. The molecule has 3 nitrogen and oxygen atoms in total. The summed E-state index contributed by atoms with van der Waals surface area (Å²) in [6, 6.07) is 8.33. The third-order valence-electron chi connectivity index (χ3n) is 2.83. The third-order valence-corrected chi connectivity index (χ3v) is 2.83. The third kappa shape index (κ3) is 6.28. The lowest BCUT2D eigenvalue weighted by Gasteiger charge is -2.09. The van der Waals surface area contributed by atoms with Crippen LogP contribution in [0, 0.1) is 12.8 Å². The van der Waals surface area contributed by atoms with Crippen LogP contribution in [0.2, 0.25) is 0 Å². The van der Waals surface area contributed by atoms with Crippen LogP contribution in [0.25, 0.3) is 0 Å². The first-order chi connectivity index (χ1) is 8.58. The highest BCUT2D eigenvalue weighted by Gasteiger charge is 2.00. The van der Waals surface area contributed by atoms with Gasteiger partial charge in [-0.2, -0.15) is 0 Å². The van der Waals surface area contributed by atoms with Crippen LogP contribution in [-0.2, 0) is 6.42 Å². The minimum Gasteiger partial charge on any atom is -0.338 e. The summed E-state index contributed by atoms with van der Waals surface area (Å²) in [5, 5.41) is 5.73. The van der Waals surface area contributed by atoms with Gasteiger partial charge < -0.3 is 10.6 Å². The van der Waals surface area contributed by atoms with Crippen molar-refractivity contribution in [2.24, 2.45) is 5.92 Å². The Hall–Kier alpha value is -1.51. The first kappa shape index (κ1) is 14.6. The topological polar surface area (TPSA) is 41.1 Å². The fraction of sp³-hybridized carbons (Fsp3) is 0.533. The Morgan fingerprint density at radius 1 is 1.11 bits per heavy atom. The molecule has 0 aliphatic heterocycles. The lowest BCUT2D eigenvalue weighted by molar-refractivity contribution is 0.240. The Kier molecular flexibility index (Phi) is 6.26. The molecular formula is C15H24N2O. The Labute approximate surface area is 110 Å². The first-order valence-electron chi connectivity index (χ1n) is 6.65. The molecular weight excluding hydrogens is 224 g/mol. The van der Waals surface area contributed by atoms with E-state index in [4.69, 9.17) is 0 Å². The Balaban J connectivity index is 2.13. The standard InChI is InChI=1S/C15H24N2O/c1-12(2)8-10-16-15(18)17-11-9-14-6-4-13(3)5-7-14/h4-7,12H,8-11H2,1-3H3,(H2,16,17,18). The fourth-order valence-corrected chi connectivity index (χ4v) is 1.61. The van der Waals surface area contributed by atoms with E-state index in [-0.39, 0.29) is 6.03 Å². The Bertz CT molecular complexity index is 357. The molecule has 2 N–H and O–H groups in total. The average molecular weight is 248 g/mol. The van der Waals surface area contributed by atoms with Gasteiger partial charge in [-0.25, -0.2) is 4.79 Å². The molecule has 0 bridgehead atoms. The molecule has 0 heterocycles. The van der Waals surface area contributed by atoms with Crippen molar-refractivity contribution >= 4 is 6.03 Å². The quantitative estimate of drug-likeness (QED) is 0.798. The molecule has 0 spiro atoms. The van der Waals surface area contributed by atoms with Crippen molar-refractivity contribution in [3.8, 4) is 0 Å². The predicted octanol–water partition coefficient (Wildman–Crippen LogP) is 2.88. The molecule has 100 valence electrons. The van der Waals surface area contributed by atoms with Crippen molar-refractivity contribution < 1.29 is 4.79 Å². The van der Waals surface area contributed by atoms with Crippen molar-refractivity contribution in [3.63, 3.8) is 0 Å². The maximum absolute atomic E-state index is 11.4. The number of urea groups is 1. The summed E-state index contributed by atoms with van der Waals surface area (Å²) in [7, 11) is 0. The molecule has 0 radical (unpaired) electrons. The smallest absolute Gasteiger partial charge is 0.314 e. The number of carbonyl (C=O) groups excluding carboxylic acids is 1. The van der Waals surface area contributed by atoms with E-state index < -0.39 is 0 Å². The van der Waals surface area contributed by atoms with Gasteiger partial charge in [0, 0.05) is 13.1 Å². The van der Waals surface area contributed by atoms with Crippen molar-refractivity contribution in [2.45, 2.75) is 33.6 Å². The van der Waals surface area contributed by atoms with Gasteiger partial charge in [-0.05, 0) is 31.2 Å². The van der Waals surface area contributed by atoms with Crippen molar-refractivity contribution in [1.82, 2.24) is 10.6 Å². The predicted molar refractivity (Wildman–Crippen MR) is 75.7 cm³/mol. The van der Waals surface area contributed by atoms with Crippen LogP contribution < -0.4 is 10.6 Å². The van der Waals surface area contributed by atoms with Gasteiger partial charge in [0.2, 0.25) is 0 Å². The second-order valence-electron chi connectivity index (χ2n) is 5.10. The molecule has 0 aromatic heterocycles. The van der Waals surface area contributed by atoms with E-state index in [9.17, 15) is 4.79 Å². The molecule has 0 atom stereocenters. The summed E-state index contributed by atoms with van der Waals surface area (Å²) in [4.78, 5) is 11.4. The molecule has 1 aromatic carbocycles. The van der Waals surface area contributed by atoms with Crippen LogP contribution in [0.5, 0.6) is 0 Å². The van der Waals surface area contributed by atoms with Crippen LogP contribution >= 0.6 is 0 Å². The maximum atomic E-state index is 11.4. The number of rotatable bonds is 6. The first-order valence-corrected chi connectivity index (χ1v) is 6.65. The van der Waals surface area contributed by atoms with Crippen molar-refractivity contribution in [3.05, 3.63) is 35.4 Å². The van der Waals surface area contributed by atoms with Crippen LogP contribution in [-0.4, -0.2) is 19.1 Å². The lowest BCUT2D eigenvalue weighted by Crippen LogP contribution is -2.37. The van der Waals surface area contributed by atoms with E-state index >= 15 is 0 Å². The normalized spacial score (nSPS) is 10.4. The maximum Gasteiger partial charge on any atom is 0.314 e. The number of carbonyl (C=O) groups is 1. The van der Waals surface area contributed by atoms with Crippen LogP contribution in [0.15, 0.2) is 24.3 Å². The van der Waals surface area contributed by atoms with Gasteiger partial charge in [0.25, 0.3) is 0 Å². The van der Waals surface area contributed by atoms with Gasteiger partial charge in [0.15, 0.2) is 0 Å². The summed E-state index contributed by atoms with van der Waals surface area (Å²) in [5.41, 5.74) is 2.52. The number of aryl methyl sites for hydroxylation is 1. The van der Waals surface area contributed by atoms with E-state index in [1.54, 1.807) is 0 Å². The van der Waals surface area contributed by atoms with Crippen molar-refractivity contribution in [1.29, 1.82) is 0 Å². The molecule has 1 aromatic rings. The summed E-state index contributed by atoms with van der Waals surface area (Å²) in [6.07, 6.45) is 1.89. The molecule has 0 saturated heterocycles. The number of hydrogen-bond acceptors (Lipinski definition) is 1. The molecule has 0 unspecified atom stereocenters. The minimum absolute atomic E-state index is 0.0669. The van der Waals surface area contributed by atoms with Crippen LogP contribution in [0.1, 0.15) is 31.4 Å². The largest absolute Gasteiger partial charge is 0.338 e. The number of benzene rings is 1. The molecule has 0 saturated carbocycles. The van der Waals surface area contributed by atoms with Gasteiger partial charge in [-0.15, -0.1) is 0 Å². The molecule has 2 amide bonds. The number of nitrogens with one attached hydrogen (secondary N) is 2. The van der Waals surface area contributed by atoms with Crippen LogP contribution in [0.3, 0.4) is 0 Å². The monoisotopic (exact) mass is 248 g/mol. The van der Waals surface area contributed by atoms with E-state index in [1.165, 1.54) is 11.1 Å². The van der Waals surface area contributed by atoms with E-state index in [0.717, 1.165) is 19.4 Å². The average Bonchev–Trinajstić information content (AvgIpc) is 2.31. The van der Waals surface area contributed by atoms with E-state index in [2.05, 4.69) is 55.7 Å². The van der Waals surface area contributed by atoms with Crippen LogP contribution in [0.4, 0.5) is 4.79 Å². The highest BCUT2D eigenvalue weighted by atomic mass is 16.2. The zero-order chi connectivity index (χ0) is 13.4. The fourth-order valence-electron chi connectivity index (χ4n) is 1.61. The molecule has 0 aliphatic carbocycles. The molecule has 18 heavy (non-hydrogen) atoms. The summed E-state index contributed by atoms with van der Waals surface area (Å²) in [6.45, 7) is 7.79. The Morgan fingerprint density at radius 3 is 2.33 bits per heavy atom. The zero-order valence-electron chi connectivity index (χ0n) is 11.6. The van der Waals surface area contributed by atoms with E-state index in [1.807, 2.05) is 0 Å². The molecule has 0 aliphatic rings. The number of hydrogen-bond donors (Lipinski definition) is 2. The van der Waals surface area contributed by atoms with Gasteiger partial charge in [0.1, 0.15) is 0 Å². The lowest BCUT2D eigenvalue weighted by atomic mass is 10.1. The second kappa shape index (κ2) is 7.75. The highest BCUT2D eigenvalue weighted by molar-refractivity contribution is 5.73. The van der Waals surface area contributed by atoms with Gasteiger partial charge in [-0.1, -0.05) is 43.7 Å². The minimum atomic E-state index is -0.0669. The molecule has 0 fully saturated rings. The van der Waals surface area contributed by atoms with Gasteiger partial charge >= 0.3 is 6.03 Å². The van der Waals surface area contributed by atoms with E-state index in [0.29, 0.717) is 12.5 Å². The second-order valence-corrected chi connectivity index (χ2v) is 5.10. The SMILES string of the molecule is Cc1ccc(CCNC(=O)NCCC(C)C)cc1. The zero-order valence-corrected chi connectivity index (χ0v) is 11.6. The molecule has 1 rings (SSSR count). The number of amides is 2. The van der Waals surface area contributed by atoms with Gasteiger partial charge in [-0.3, -0.25) is 0 Å². The summed E-state index contributed by atoms with van der Waals surface area (Å²) >= 11 is 0. The molecule has 3 heteroatoms.